The Morgan fingerprint density at radius 1 is 0.759 bits per heavy atom. The maximum atomic E-state index is 13.5. The normalized spacial score (nSPS) is 16.5. The second-order valence-electron chi connectivity index (χ2n) is 13.4. The maximum Gasteiger partial charge on any atom is 0.326 e. The summed E-state index contributed by atoms with van der Waals surface area (Å²) in [6.45, 7) is 1.79. The fourth-order valence-corrected chi connectivity index (χ4v) is 5.97. The van der Waals surface area contributed by atoms with Gasteiger partial charge in [-0.25, -0.2) is 4.79 Å². The average Bonchev–Trinajstić information content (AvgIpc) is 3.66. The molecule has 0 aromatic rings. The van der Waals surface area contributed by atoms with Gasteiger partial charge in [0.15, 0.2) is 11.9 Å². The third-order valence-electron chi connectivity index (χ3n) is 8.69. The first-order chi connectivity index (χ1) is 27.3. The van der Waals surface area contributed by atoms with Crippen LogP contribution < -0.4 is 60.6 Å². The van der Waals surface area contributed by atoms with E-state index in [1.165, 1.54) is 30.5 Å². The Morgan fingerprint density at radius 3 is 1.91 bits per heavy atom. The summed E-state index contributed by atoms with van der Waals surface area (Å²) in [6.07, 6.45) is 3.47. The van der Waals surface area contributed by atoms with E-state index in [2.05, 4.69) is 41.9 Å². The second kappa shape index (κ2) is 26.5. The minimum absolute atomic E-state index is 0.0146. The van der Waals surface area contributed by atoms with Gasteiger partial charge in [-0.2, -0.15) is 11.8 Å². The first-order valence-corrected chi connectivity index (χ1v) is 20.0. The predicted octanol–water partition coefficient (Wildman–Crippen LogP) is -6.18. The number of carboxylic acids is 1. The quantitative estimate of drug-likeness (QED) is 0.0219. The number of nitrogens with zero attached hydrogens (tertiary/aromatic N) is 3. The van der Waals surface area contributed by atoms with Crippen LogP contribution in [-0.4, -0.2) is 161 Å². The Bertz CT molecular complexity index is 1490. The molecule has 1 saturated heterocycles. The zero-order valence-electron chi connectivity index (χ0n) is 33.0. The molecular weight excluding hydrogens is 785 g/mol. The van der Waals surface area contributed by atoms with E-state index in [0.717, 1.165) is 0 Å². The van der Waals surface area contributed by atoms with Crippen molar-refractivity contribution in [1.29, 1.82) is 0 Å². The van der Waals surface area contributed by atoms with Gasteiger partial charge in [0.2, 0.25) is 41.4 Å². The van der Waals surface area contributed by atoms with Crippen LogP contribution in [0, 0.1) is 0 Å². The average molecular weight is 845 g/mol. The third-order valence-corrected chi connectivity index (χ3v) is 9.33. The minimum Gasteiger partial charge on any atom is -0.480 e. The summed E-state index contributed by atoms with van der Waals surface area (Å²) in [5.41, 5.74) is 26.9. The Labute approximate surface area is 340 Å². The molecule has 7 amide bonds. The molecule has 7 atom stereocenters. The molecule has 1 rings (SSSR count). The van der Waals surface area contributed by atoms with E-state index in [4.69, 9.17) is 28.7 Å². The van der Waals surface area contributed by atoms with Crippen molar-refractivity contribution in [3.05, 3.63) is 0 Å². The highest BCUT2D eigenvalue weighted by Gasteiger charge is 2.39. The van der Waals surface area contributed by atoms with Gasteiger partial charge in [-0.05, 0) is 70.8 Å². The highest BCUT2D eigenvalue weighted by molar-refractivity contribution is 7.98. The number of likely N-dealkylation sites (tertiary alicyclic amines) is 1. The molecule has 0 unspecified atom stereocenters. The molecule has 1 aliphatic heterocycles. The van der Waals surface area contributed by atoms with Crippen LogP contribution >= 0.6 is 11.8 Å². The summed E-state index contributed by atoms with van der Waals surface area (Å²) < 4.78 is 0. The molecule has 0 aromatic heterocycles. The Morgan fingerprint density at radius 2 is 1.34 bits per heavy atom. The molecule has 0 aliphatic carbocycles. The molecule has 0 radical (unpaired) electrons. The van der Waals surface area contributed by atoms with Gasteiger partial charge in [-0.3, -0.25) is 43.5 Å². The van der Waals surface area contributed by atoms with Crippen LogP contribution in [0.15, 0.2) is 9.98 Å². The number of carbonyl (C=O) groups excluding carboxylic acids is 7. The number of amides is 7. The van der Waals surface area contributed by atoms with Gasteiger partial charge in [0.1, 0.15) is 36.3 Å². The number of thioether (sulfide) groups is 1. The molecule has 1 aliphatic rings. The van der Waals surface area contributed by atoms with E-state index in [1.807, 2.05) is 0 Å². The van der Waals surface area contributed by atoms with Crippen molar-refractivity contribution < 1.29 is 48.6 Å². The van der Waals surface area contributed by atoms with Gasteiger partial charge in [-0.15, -0.1) is 0 Å². The largest absolute Gasteiger partial charge is 0.480 e. The van der Waals surface area contributed by atoms with Crippen molar-refractivity contribution in [2.45, 2.75) is 101 Å². The van der Waals surface area contributed by atoms with Crippen LogP contribution in [0.5, 0.6) is 0 Å². The molecule has 58 heavy (non-hydrogen) atoms. The predicted molar refractivity (Wildman–Crippen MR) is 214 cm³/mol. The van der Waals surface area contributed by atoms with Crippen molar-refractivity contribution in [2.24, 2.45) is 38.7 Å². The van der Waals surface area contributed by atoms with Gasteiger partial charge in [0.25, 0.3) is 0 Å². The second-order valence-corrected chi connectivity index (χ2v) is 14.4. The number of aliphatic imine (C=N–C) groups is 2. The SMILES string of the molecule is CSCC[C@H](NC(=O)[C@@H]1CCCN1C(=O)[C@H](CO)NC(=O)CNC(=O)[C@H](C)NC(=O)[C@@H](N)CCCN=C(N)N)C(=O)N[C@@H](C)C(=O)N[C@@H](CCCN=C(N)N)C(=O)O. The summed E-state index contributed by atoms with van der Waals surface area (Å²) in [6, 6.07) is -8.18. The van der Waals surface area contributed by atoms with E-state index in [9.17, 15) is 48.6 Å². The van der Waals surface area contributed by atoms with Crippen molar-refractivity contribution in [3.63, 3.8) is 0 Å². The lowest BCUT2D eigenvalue weighted by Gasteiger charge is -2.29. The number of guanidine groups is 2. The molecule has 1 fully saturated rings. The minimum atomic E-state index is -1.48. The number of aliphatic hydroxyl groups is 1. The third kappa shape index (κ3) is 18.7. The van der Waals surface area contributed by atoms with Crippen LogP contribution in [0.4, 0.5) is 0 Å². The summed E-state index contributed by atoms with van der Waals surface area (Å²) in [4.78, 5) is 111. The summed E-state index contributed by atoms with van der Waals surface area (Å²) in [5, 5.41) is 34.1. The number of nitrogens with two attached hydrogens (primary N) is 5. The van der Waals surface area contributed by atoms with Crippen LogP contribution in [0.3, 0.4) is 0 Å². The van der Waals surface area contributed by atoms with Crippen LogP contribution in [0.1, 0.15) is 58.8 Å². The molecule has 25 heteroatoms. The van der Waals surface area contributed by atoms with Crippen LogP contribution in [0.2, 0.25) is 0 Å². The maximum absolute atomic E-state index is 13.5. The van der Waals surface area contributed by atoms with E-state index >= 15 is 0 Å². The zero-order valence-corrected chi connectivity index (χ0v) is 33.8. The fourth-order valence-electron chi connectivity index (χ4n) is 5.50. The Hall–Kier alpha value is -5.43. The van der Waals surface area contributed by atoms with Crippen molar-refractivity contribution in [1.82, 2.24) is 36.8 Å². The number of carboxylic acid groups (broad SMARTS) is 1. The number of aliphatic carboxylic acids is 1. The first kappa shape index (κ1) is 50.6. The highest BCUT2D eigenvalue weighted by Crippen LogP contribution is 2.19. The van der Waals surface area contributed by atoms with Crippen molar-refractivity contribution in [2.75, 3.05) is 44.8 Å². The number of aliphatic hydroxyl groups excluding tert-OH is 1. The fraction of sp³-hybridized carbons (Fsp3) is 0.697. The van der Waals surface area contributed by atoms with E-state index in [-0.39, 0.29) is 63.7 Å². The molecule has 0 aromatic carbocycles. The molecular formula is C33H60N14O10S. The molecule has 0 spiro atoms. The lowest BCUT2D eigenvalue weighted by Crippen LogP contribution is -2.59. The monoisotopic (exact) mass is 844 g/mol. The Balaban J connectivity index is 2.80. The lowest BCUT2D eigenvalue weighted by atomic mass is 10.1. The number of hydrogen-bond acceptors (Lipinski definition) is 13. The summed E-state index contributed by atoms with van der Waals surface area (Å²) in [5.74, 6) is -6.27. The van der Waals surface area contributed by atoms with Gasteiger partial charge in [0, 0.05) is 19.6 Å². The molecule has 0 saturated carbocycles. The molecule has 328 valence electrons. The molecule has 0 bridgehead atoms. The number of nitrogens with one attached hydrogen (secondary N) is 6. The Kier molecular flexibility index (Phi) is 23.1. The zero-order chi connectivity index (χ0) is 43.9. The smallest absolute Gasteiger partial charge is 0.326 e. The standard InChI is InChI=1S/C33H60N14O10S/c1-17(42-27(52)19(34)7-4-11-39-32(35)36)25(50)41-15-24(49)44-22(16-48)30(55)47-13-6-9-23(47)29(54)45-20(10-14-58-3)28(53)43-18(2)26(51)46-21(31(56)57)8-5-12-40-33(37)38/h17-23,48H,4-16,34H2,1-3H3,(H,41,50)(H,42,52)(H,43,53)(H,44,49)(H,45,54)(H,46,51)(H,56,57)(H4,35,36,39)(H4,37,38,40)/t17-,18-,19-,20-,21-,22-,23-/m0/s1. The van der Waals surface area contributed by atoms with E-state index < -0.39 is 103 Å². The molecule has 24 nitrogen and oxygen atoms in total. The molecule has 18 N–H and O–H groups in total. The van der Waals surface area contributed by atoms with Gasteiger partial charge in [-0.1, -0.05) is 0 Å². The van der Waals surface area contributed by atoms with Gasteiger partial charge < -0.3 is 75.7 Å². The van der Waals surface area contributed by atoms with Gasteiger partial charge >= 0.3 is 5.97 Å². The lowest BCUT2D eigenvalue weighted by molar-refractivity contribution is -0.143. The van der Waals surface area contributed by atoms with Crippen LogP contribution in [-0.2, 0) is 38.4 Å². The number of rotatable bonds is 26. The van der Waals surface area contributed by atoms with Gasteiger partial charge in [0.05, 0.1) is 19.2 Å². The van der Waals surface area contributed by atoms with Crippen LogP contribution in [0.25, 0.3) is 0 Å². The highest BCUT2D eigenvalue weighted by atomic mass is 32.2. The first-order valence-electron chi connectivity index (χ1n) is 18.6. The topological polar surface area (TPSA) is 407 Å². The summed E-state index contributed by atoms with van der Waals surface area (Å²) in [7, 11) is 0. The number of carbonyl (C=O) groups is 8. The summed E-state index contributed by atoms with van der Waals surface area (Å²) >= 11 is 1.39. The van der Waals surface area contributed by atoms with E-state index in [0.29, 0.717) is 18.6 Å². The van der Waals surface area contributed by atoms with Crippen molar-refractivity contribution >= 4 is 71.0 Å². The number of hydrogen-bond donors (Lipinski definition) is 13. The van der Waals surface area contributed by atoms with E-state index in [1.54, 1.807) is 6.26 Å². The van der Waals surface area contributed by atoms with Crippen molar-refractivity contribution in [3.8, 4) is 0 Å². The molecule has 1 heterocycles.